The fourth-order valence-electron chi connectivity index (χ4n) is 0.361. The Hall–Kier alpha value is -0.740. The summed E-state index contributed by atoms with van der Waals surface area (Å²) in [5.74, 6) is 5.36. The van der Waals surface area contributed by atoms with Crippen molar-refractivity contribution in [2.75, 3.05) is 0 Å². The van der Waals surface area contributed by atoms with Gasteiger partial charge in [0.25, 0.3) is 0 Å². The predicted octanol–water partition coefficient (Wildman–Crippen LogP) is 3.09. The summed E-state index contributed by atoms with van der Waals surface area (Å²) in [4.78, 5) is 1.38. The monoisotopic (exact) mass is 152 g/mol. The Balaban J connectivity index is 0.000000180. The van der Waals surface area contributed by atoms with E-state index in [2.05, 4.69) is 36.3 Å². The maximum atomic E-state index is 2.68. The van der Waals surface area contributed by atoms with Crippen LogP contribution in [0, 0.1) is 18.8 Å². The third kappa shape index (κ3) is 5.40. The lowest BCUT2D eigenvalue weighted by Gasteiger charge is -1.65. The van der Waals surface area contributed by atoms with Crippen LogP contribution in [0.3, 0.4) is 0 Å². The fourth-order valence-corrected chi connectivity index (χ4v) is 0.890. The van der Waals surface area contributed by atoms with Crippen molar-refractivity contribution in [2.45, 2.75) is 20.8 Å². The Morgan fingerprint density at radius 3 is 2.00 bits per heavy atom. The molecule has 0 spiro atoms. The maximum absolute atomic E-state index is 2.68. The molecule has 0 nitrogen and oxygen atoms in total. The van der Waals surface area contributed by atoms with Crippen molar-refractivity contribution in [3.63, 3.8) is 0 Å². The Morgan fingerprint density at radius 1 is 1.30 bits per heavy atom. The minimum atomic E-state index is 1.38. The second-order valence-electron chi connectivity index (χ2n) is 1.72. The van der Waals surface area contributed by atoms with Crippen LogP contribution in [0.1, 0.15) is 18.7 Å². The first-order valence-electron chi connectivity index (χ1n) is 3.15. The number of aryl methyl sites for hydroxylation is 1. The number of hydrogen-bond acceptors (Lipinski definition) is 1. The number of hydrogen-bond donors (Lipinski definition) is 0. The molecular formula is C9H12S. The summed E-state index contributed by atoms with van der Waals surface area (Å²) in [6.45, 7) is 5.74. The van der Waals surface area contributed by atoms with Crippen molar-refractivity contribution >= 4 is 11.3 Å². The topological polar surface area (TPSA) is 0 Å². The quantitative estimate of drug-likeness (QED) is 0.501. The Morgan fingerprint density at radius 2 is 1.90 bits per heavy atom. The van der Waals surface area contributed by atoms with Crippen LogP contribution in [0.4, 0.5) is 0 Å². The number of rotatable bonds is 0. The van der Waals surface area contributed by atoms with Crippen molar-refractivity contribution in [3.8, 4) is 11.8 Å². The molecule has 0 radical (unpaired) electrons. The van der Waals surface area contributed by atoms with Gasteiger partial charge in [0.1, 0.15) is 0 Å². The molecule has 0 aliphatic rings. The minimum Gasteiger partial charge on any atom is -0.149 e. The first kappa shape index (κ1) is 9.26. The average Bonchev–Trinajstić information content (AvgIpc) is 2.40. The van der Waals surface area contributed by atoms with Crippen molar-refractivity contribution in [3.05, 3.63) is 22.4 Å². The van der Waals surface area contributed by atoms with E-state index in [9.17, 15) is 0 Å². The van der Waals surface area contributed by atoms with Gasteiger partial charge in [-0.05, 0) is 32.2 Å². The molecule has 1 heterocycles. The second-order valence-corrected chi connectivity index (χ2v) is 2.88. The molecule has 1 aromatic rings. The fraction of sp³-hybridized carbons (Fsp3) is 0.333. The van der Waals surface area contributed by atoms with Crippen molar-refractivity contribution in [1.82, 2.24) is 0 Å². The highest BCUT2D eigenvalue weighted by Crippen LogP contribution is 2.03. The van der Waals surface area contributed by atoms with Gasteiger partial charge in [-0.25, -0.2) is 0 Å². The molecule has 0 aliphatic carbocycles. The van der Waals surface area contributed by atoms with Crippen LogP contribution in [-0.2, 0) is 0 Å². The second kappa shape index (κ2) is 6.38. The van der Waals surface area contributed by atoms with E-state index in [0.29, 0.717) is 0 Å². The molecule has 0 N–H and O–H groups in total. The van der Waals surface area contributed by atoms with Gasteiger partial charge < -0.3 is 0 Å². The van der Waals surface area contributed by atoms with Gasteiger partial charge in [0.15, 0.2) is 0 Å². The Kier molecular flexibility index (Phi) is 5.91. The van der Waals surface area contributed by atoms with Crippen molar-refractivity contribution in [2.24, 2.45) is 0 Å². The van der Waals surface area contributed by atoms with Crippen molar-refractivity contribution in [1.29, 1.82) is 0 Å². The lowest BCUT2D eigenvalue weighted by atomic mass is 10.5. The van der Waals surface area contributed by atoms with Crippen LogP contribution >= 0.6 is 11.3 Å². The van der Waals surface area contributed by atoms with Gasteiger partial charge in [-0.1, -0.05) is 6.07 Å². The summed E-state index contributed by atoms with van der Waals surface area (Å²) in [5, 5.41) is 2.08. The van der Waals surface area contributed by atoms with Gasteiger partial charge in [-0.2, -0.15) is 0 Å². The van der Waals surface area contributed by atoms with E-state index in [1.54, 1.807) is 11.3 Å². The zero-order chi connectivity index (χ0) is 7.82. The van der Waals surface area contributed by atoms with Gasteiger partial charge in [0, 0.05) is 4.88 Å². The van der Waals surface area contributed by atoms with Crippen molar-refractivity contribution < 1.29 is 0 Å². The normalized spacial score (nSPS) is 6.70. The van der Waals surface area contributed by atoms with Gasteiger partial charge in [-0.15, -0.1) is 23.2 Å². The minimum absolute atomic E-state index is 1.38. The molecule has 1 heteroatoms. The summed E-state index contributed by atoms with van der Waals surface area (Å²) in [6.07, 6.45) is 0. The molecule has 10 heavy (non-hydrogen) atoms. The van der Waals surface area contributed by atoms with E-state index in [0.717, 1.165) is 0 Å². The summed E-state index contributed by atoms with van der Waals surface area (Å²) in [5.41, 5.74) is 0. The summed E-state index contributed by atoms with van der Waals surface area (Å²) in [6, 6.07) is 4.16. The van der Waals surface area contributed by atoms with Crippen LogP contribution in [-0.4, -0.2) is 0 Å². The van der Waals surface area contributed by atoms with E-state index in [-0.39, 0.29) is 0 Å². The van der Waals surface area contributed by atoms with E-state index < -0.39 is 0 Å². The summed E-state index contributed by atoms with van der Waals surface area (Å²) < 4.78 is 0. The van der Waals surface area contributed by atoms with E-state index in [1.165, 1.54) is 4.88 Å². The molecule has 0 saturated heterocycles. The Labute approximate surface area is 66.9 Å². The average molecular weight is 152 g/mol. The third-order valence-corrected chi connectivity index (χ3v) is 1.71. The molecule has 0 unspecified atom stereocenters. The SMILES string of the molecule is CC#CC.Cc1cccs1. The molecule has 0 aliphatic heterocycles. The molecular weight excluding hydrogens is 140 g/mol. The zero-order valence-electron chi connectivity index (χ0n) is 6.64. The van der Waals surface area contributed by atoms with Crippen LogP contribution < -0.4 is 0 Å². The van der Waals surface area contributed by atoms with Gasteiger partial charge in [0.05, 0.1) is 0 Å². The summed E-state index contributed by atoms with van der Waals surface area (Å²) >= 11 is 1.78. The molecule has 0 atom stereocenters. The van der Waals surface area contributed by atoms with E-state index >= 15 is 0 Å². The molecule has 0 amide bonds. The highest BCUT2D eigenvalue weighted by atomic mass is 32.1. The van der Waals surface area contributed by atoms with Gasteiger partial charge in [-0.3, -0.25) is 0 Å². The smallest absolute Gasteiger partial charge is 0.00141 e. The van der Waals surface area contributed by atoms with E-state index in [4.69, 9.17) is 0 Å². The molecule has 0 fully saturated rings. The van der Waals surface area contributed by atoms with E-state index in [1.807, 2.05) is 13.8 Å². The molecule has 1 aromatic heterocycles. The third-order valence-electron chi connectivity index (χ3n) is 0.913. The van der Waals surface area contributed by atoms with Crippen LogP contribution in [0.15, 0.2) is 17.5 Å². The van der Waals surface area contributed by atoms with Crippen LogP contribution in [0.2, 0.25) is 0 Å². The lowest BCUT2D eigenvalue weighted by Crippen LogP contribution is -1.42. The maximum Gasteiger partial charge on any atom is 0.00141 e. The molecule has 0 aromatic carbocycles. The number of thiophene rings is 1. The first-order chi connectivity index (χ1) is 4.81. The predicted molar refractivity (Wildman–Crippen MR) is 48.2 cm³/mol. The van der Waals surface area contributed by atoms with Crippen LogP contribution in [0.5, 0.6) is 0 Å². The van der Waals surface area contributed by atoms with Gasteiger partial charge >= 0.3 is 0 Å². The summed E-state index contributed by atoms with van der Waals surface area (Å²) in [7, 11) is 0. The van der Waals surface area contributed by atoms with Crippen LogP contribution in [0.25, 0.3) is 0 Å². The molecule has 1 rings (SSSR count). The highest BCUT2D eigenvalue weighted by molar-refractivity contribution is 7.09. The molecule has 0 saturated carbocycles. The standard InChI is InChI=1S/C5H6S.C4H6/c1-5-3-2-4-6-5;1-3-4-2/h2-4H,1H3;1-2H3. The van der Waals surface area contributed by atoms with Gasteiger partial charge in [0.2, 0.25) is 0 Å². The zero-order valence-corrected chi connectivity index (χ0v) is 7.46. The first-order valence-corrected chi connectivity index (χ1v) is 4.02. The molecule has 54 valence electrons. The lowest BCUT2D eigenvalue weighted by molar-refractivity contribution is 1.64. The Bertz CT molecular complexity index is 192. The highest BCUT2D eigenvalue weighted by Gasteiger charge is 1.74. The molecule has 0 bridgehead atoms. The largest absolute Gasteiger partial charge is 0.149 e.